The van der Waals surface area contributed by atoms with Crippen LogP contribution in [0.4, 0.5) is 0 Å². The Morgan fingerprint density at radius 3 is 2.72 bits per heavy atom. The van der Waals surface area contributed by atoms with Gasteiger partial charge in [-0.05, 0) is 35.6 Å². The van der Waals surface area contributed by atoms with E-state index in [-0.39, 0.29) is 5.91 Å². The summed E-state index contributed by atoms with van der Waals surface area (Å²) in [5, 5.41) is 2.35. The van der Waals surface area contributed by atoms with Crippen molar-refractivity contribution in [3.05, 3.63) is 51.4 Å². The number of aromatic nitrogens is 1. The Morgan fingerprint density at radius 2 is 2.11 bits per heavy atom. The first-order valence-electron chi connectivity index (χ1n) is 5.56. The van der Waals surface area contributed by atoms with Crippen LogP contribution in [-0.2, 0) is 6.42 Å². The van der Waals surface area contributed by atoms with Gasteiger partial charge in [-0.2, -0.15) is 0 Å². The lowest BCUT2D eigenvalue weighted by Crippen LogP contribution is -2.28. The van der Waals surface area contributed by atoms with E-state index in [1.54, 1.807) is 30.4 Å². The minimum absolute atomic E-state index is 0.0240. The summed E-state index contributed by atoms with van der Waals surface area (Å²) in [7, 11) is 1.79. The first kappa shape index (κ1) is 13.1. The molecule has 0 aliphatic rings. The Kier molecular flexibility index (Phi) is 4.33. The van der Waals surface area contributed by atoms with Crippen LogP contribution in [0.3, 0.4) is 0 Å². The molecule has 0 saturated heterocycles. The minimum atomic E-state index is -0.0240. The molecule has 2 heterocycles. The van der Waals surface area contributed by atoms with Gasteiger partial charge in [0.1, 0.15) is 4.88 Å². The fraction of sp³-hybridized carbons (Fsp3) is 0.231. The predicted octanol–water partition coefficient (Wildman–Crippen LogP) is 3.11. The summed E-state index contributed by atoms with van der Waals surface area (Å²) < 4.78 is 0. The summed E-state index contributed by atoms with van der Waals surface area (Å²) in [6.45, 7) is 0.664. The number of hydrogen-bond donors (Lipinski definition) is 0. The van der Waals surface area contributed by atoms with Crippen molar-refractivity contribution in [3.8, 4) is 0 Å². The van der Waals surface area contributed by atoms with Crippen LogP contribution in [0.1, 0.15) is 15.2 Å². The molecular formula is C13H13ClN2OS. The van der Waals surface area contributed by atoms with Crippen LogP contribution in [0, 0.1) is 0 Å². The zero-order chi connectivity index (χ0) is 13.0. The number of hydrogen-bond acceptors (Lipinski definition) is 3. The summed E-state index contributed by atoms with van der Waals surface area (Å²) in [5.41, 5.74) is 1.17. The van der Waals surface area contributed by atoms with E-state index in [1.165, 1.54) is 16.9 Å². The molecule has 0 aromatic carbocycles. The Morgan fingerprint density at radius 1 is 1.39 bits per heavy atom. The molecule has 0 atom stereocenters. The summed E-state index contributed by atoms with van der Waals surface area (Å²) in [6, 6.07) is 5.66. The molecule has 94 valence electrons. The second kappa shape index (κ2) is 5.98. The molecule has 0 unspecified atom stereocenters. The third kappa shape index (κ3) is 3.09. The molecule has 0 bridgehead atoms. The first-order valence-corrected chi connectivity index (χ1v) is 6.81. The first-order chi connectivity index (χ1) is 8.68. The van der Waals surface area contributed by atoms with Crippen LogP contribution in [0.25, 0.3) is 0 Å². The minimum Gasteiger partial charge on any atom is -0.341 e. The highest BCUT2D eigenvalue weighted by Gasteiger charge is 2.16. The van der Waals surface area contributed by atoms with E-state index >= 15 is 0 Å². The lowest BCUT2D eigenvalue weighted by Gasteiger charge is -2.16. The van der Waals surface area contributed by atoms with Gasteiger partial charge in [0.2, 0.25) is 0 Å². The van der Waals surface area contributed by atoms with Crippen molar-refractivity contribution < 1.29 is 4.79 Å². The number of halogens is 1. The second-order valence-electron chi connectivity index (χ2n) is 3.93. The van der Waals surface area contributed by atoms with Crippen molar-refractivity contribution in [2.45, 2.75) is 6.42 Å². The number of carbonyl (C=O) groups excluding carboxylic acids is 1. The molecule has 2 aromatic heterocycles. The average Bonchev–Trinajstić information content (AvgIpc) is 2.82. The van der Waals surface area contributed by atoms with Gasteiger partial charge in [0, 0.05) is 26.0 Å². The average molecular weight is 281 g/mol. The summed E-state index contributed by atoms with van der Waals surface area (Å²) in [4.78, 5) is 18.3. The number of likely N-dealkylation sites (N-methyl/N-ethyl adjacent to an activating group) is 1. The molecule has 0 aliphatic carbocycles. The number of carbonyl (C=O) groups is 1. The molecule has 2 aromatic rings. The van der Waals surface area contributed by atoms with Crippen molar-refractivity contribution in [2.75, 3.05) is 13.6 Å². The maximum absolute atomic E-state index is 12.1. The van der Waals surface area contributed by atoms with Crippen LogP contribution in [-0.4, -0.2) is 29.4 Å². The Hall–Kier alpha value is -1.39. The molecule has 0 saturated carbocycles. The summed E-state index contributed by atoms with van der Waals surface area (Å²) in [6.07, 6.45) is 4.33. The lowest BCUT2D eigenvalue weighted by atomic mass is 10.2. The van der Waals surface area contributed by atoms with E-state index in [9.17, 15) is 4.79 Å². The maximum Gasteiger partial charge on any atom is 0.265 e. The van der Waals surface area contributed by atoms with E-state index in [2.05, 4.69) is 4.98 Å². The van der Waals surface area contributed by atoms with Gasteiger partial charge in [0.15, 0.2) is 0 Å². The second-order valence-corrected chi connectivity index (χ2v) is 5.25. The van der Waals surface area contributed by atoms with Gasteiger partial charge >= 0.3 is 0 Å². The number of rotatable bonds is 4. The fourth-order valence-corrected chi connectivity index (χ4v) is 2.70. The van der Waals surface area contributed by atoms with Gasteiger partial charge in [-0.3, -0.25) is 9.78 Å². The lowest BCUT2D eigenvalue weighted by molar-refractivity contribution is 0.0801. The van der Waals surface area contributed by atoms with Crippen molar-refractivity contribution in [1.29, 1.82) is 0 Å². The number of amides is 1. The number of pyridine rings is 1. The van der Waals surface area contributed by atoms with Crippen molar-refractivity contribution in [2.24, 2.45) is 0 Å². The van der Waals surface area contributed by atoms with Crippen LogP contribution in [0.2, 0.25) is 5.02 Å². The predicted molar refractivity (Wildman–Crippen MR) is 74.2 cm³/mol. The van der Waals surface area contributed by atoms with E-state index in [0.29, 0.717) is 16.4 Å². The molecule has 0 N–H and O–H groups in total. The highest BCUT2D eigenvalue weighted by atomic mass is 35.5. The SMILES string of the molecule is CN(CCc1ccncc1)C(=O)c1sccc1Cl. The molecule has 0 radical (unpaired) electrons. The van der Waals surface area contributed by atoms with Crippen molar-refractivity contribution in [3.63, 3.8) is 0 Å². The van der Waals surface area contributed by atoms with Gasteiger partial charge < -0.3 is 4.90 Å². The van der Waals surface area contributed by atoms with Crippen LogP contribution in [0.5, 0.6) is 0 Å². The van der Waals surface area contributed by atoms with Crippen molar-refractivity contribution in [1.82, 2.24) is 9.88 Å². The third-order valence-electron chi connectivity index (χ3n) is 2.64. The number of nitrogens with zero attached hydrogens (tertiary/aromatic N) is 2. The largest absolute Gasteiger partial charge is 0.341 e. The van der Waals surface area contributed by atoms with Gasteiger partial charge in [-0.1, -0.05) is 11.6 Å². The van der Waals surface area contributed by atoms with Crippen molar-refractivity contribution >= 4 is 28.8 Å². The van der Waals surface area contributed by atoms with Crippen LogP contribution < -0.4 is 0 Å². The zero-order valence-electron chi connectivity index (χ0n) is 9.97. The Bertz CT molecular complexity index is 527. The molecule has 0 spiro atoms. The van der Waals surface area contributed by atoms with Crippen LogP contribution in [0.15, 0.2) is 36.0 Å². The fourth-order valence-electron chi connectivity index (χ4n) is 1.57. The van der Waals surface area contributed by atoms with Gasteiger partial charge in [-0.15, -0.1) is 11.3 Å². The summed E-state index contributed by atoms with van der Waals surface area (Å²) >= 11 is 7.33. The van der Waals surface area contributed by atoms with E-state index in [1.807, 2.05) is 17.5 Å². The third-order valence-corrected chi connectivity index (χ3v) is 3.97. The Labute approximate surface area is 115 Å². The Balaban J connectivity index is 1.95. The molecule has 5 heteroatoms. The quantitative estimate of drug-likeness (QED) is 0.862. The normalized spacial score (nSPS) is 10.3. The summed E-state index contributed by atoms with van der Waals surface area (Å²) in [5.74, 6) is -0.0240. The molecule has 2 rings (SSSR count). The van der Waals surface area contributed by atoms with E-state index < -0.39 is 0 Å². The molecule has 0 fully saturated rings. The molecule has 3 nitrogen and oxygen atoms in total. The van der Waals surface area contributed by atoms with E-state index in [0.717, 1.165) is 6.42 Å². The maximum atomic E-state index is 12.1. The standard InChI is InChI=1S/C13H13ClN2OS/c1-16(8-4-10-2-6-15-7-3-10)13(17)12-11(14)5-9-18-12/h2-3,5-7,9H,4,8H2,1H3. The smallest absolute Gasteiger partial charge is 0.265 e. The topological polar surface area (TPSA) is 33.2 Å². The molecule has 1 amide bonds. The highest BCUT2D eigenvalue weighted by molar-refractivity contribution is 7.12. The van der Waals surface area contributed by atoms with Gasteiger partial charge in [0.05, 0.1) is 5.02 Å². The van der Waals surface area contributed by atoms with E-state index in [4.69, 9.17) is 11.6 Å². The molecular weight excluding hydrogens is 268 g/mol. The van der Waals surface area contributed by atoms with Gasteiger partial charge in [-0.25, -0.2) is 0 Å². The monoisotopic (exact) mass is 280 g/mol. The molecule has 18 heavy (non-hydrogen) atoms. The van der Waals surface area contributed by atoms with Crippen LogP contribution >= 0.6 is 22.9 Å². The highest BCUT2D eigenvalue weighted by Crippen LogP contribution is 2.23. The molecule has 0 aliphatic heterocycles. The zero-order valence-corrected chi connectivity index (χ0v) is 11.5. The van der Waals surface area contributed by atoms with Gasteiger partial charge in [0.25, 0.3) is 5.91 Å². The number of thiophene rings is 1.